The molecule has 1 N–H and O–H groups in total. The van der Waals surface area contributed by atoms with Gasteiger partial charge in [-0.25, -0.2) is 0 Å². The summed E-state index contributed by atoms with van der Waals surface area (Å²) in [6.45, 7) is 2.64. The molecule has 0 bridgehead atoms. The monoisotopic (exact) mass is 359 g/mol. The Morgan fingerprint density at radius 1 is 1.04 bits per heavy atom. The Balaban J connectivity index is 1.61. The standard InChI is InChI=1S/C21H17N3OS/c1-2-24-18-13-6-5-12-17(18)21(20(24)25)23-22-19(26-21)16-11-7-9-14-8-3-4-10-15(14)16/h3-13,23H,2H2,1H3. The fraction of sp³-hybridized carbons (Fsp3) is 0.143. The summed E-state index contributed by atoms with van der Waals surface area (Å²) in [5, 5.41) is 7.76. The molecule has 3 aromatic rings. The van der Waals surface area contributed by atoms with E-state index in [9.17, 15) is 4.79 Å². The highest BCUT2D eigenvalue weighted by atomic mass is 32.2. The van der Waals surface area contributed by atoms with Gasteiger partial charge in [-0.05, 0) is 23.8 Å². The minimum Gasteiger partial charge on any atom is -0.309 e. The van der Waals surface area contributed by atoms with Gasteiger partial charge in [0.1, 0.15) is 5.04 Å². The molecule has 0 saturated carbocycles. The molecule has 0 radical (unpaired) electrons. The Hall–Kier alpha value is -2.79. The molecule has 2 heterocycles. The zero-order chi connectivity index (χ0) is 17.7. The molecular formula is C21H17N3OS. The number of nitrogens with zero attached hydrogens (tertiary/aromatic N) is 2. The number of hydrogen-bond acceptors (Lipinski definition) is 4. The van der Waals surface area contributed by atoms with Crippen molar-refractivity contribution in [3.63, 3.8) is 0 Å². The van der Waals surface area contributed by atoms with Gasteiger partial charge in [-0.2, -0.15) is 5.10 Å². The summed E-state index contributed by atoms with van der Waals surface area (Å²) in [5.74, 6) is 0.0465. The van der Waals surface area contributed by atoms with Crippen molar-refractivity contribution in [2.45, 2.75) is 11.8 Å². The van der Waals surface area contributed by atoms with Gasteiger partial charge >= 0.3 is 0 Å². The van der Waals surface area contributed by atoms with Crippen LogP contribution in [0.2, 0.25) is 0 Å². The van der Waals surface area contributed by atoms with Crippen LogP contribution >= 0.6 is 11.8 Å². The van der Waals surface area contributed by atoms with Crippen LogP contribution in [0.1, 0.15) is 18.1 Å². The van der Waals surface area contributed by atoms with Crippen LogP contribution < -0.4 is 10.3 Å². The van der Waals surface area contributed by atoms with E-state index in [0.717, 1.165) is 27.2 Å². The van der Waals surface area contributed by atoms with E-state index in [1.54, 1.807) is 0 Å². The Bertz CT molecular complexity index is 1070. The van der Waals surface area contributed by atoms with Crippen molar-refractivity contribution in [1.82, 2.24) is 5.43 Å². The fourth-order valence-electron chi connectivity index (χ4n) is 3.79. The summed E-state index contributed by atoms with van der Waals surface area (Å²) in [6.07, 6.45) is 0. The van der Waals surface area contributed by atoms with Gasteiger partial charge in [-0.1, -0.05) is 72.4 Å². The molecule has 5 rings (SSSR count). The van der Waals surface area contributed by atoms with Gasteiger partial charge in [0.05, 0.1) is 5.69 Å². The lowest BCUT2D eigenvalue weighted by molar-refractivity contribution is -0.121. The maximum absolute atomic E-state index is 13.2. The van der Waals surface area contributed by atoms with E-state index < -0.39 is 4.87 Å². The van der Waals surface area contributed by atoms with E-state index in [-0.39, 0.29) is 5.91 Å². The summed E-state index contributed by atoms with van der Waals surface area (Å²) < 4.78 is 0. The topological polar surface area (TPSA) is 44.7 Å². The minimum atomic E-state index is -0.862. The van der Waals surface area contributed by atoms with Gasteiger partial charge in [0, 0.05) is 17.7 Å². The zero-order valence-corrected chi connectivity index (χ0v) is 15.1. The number of carbonyl (C=O) groups is 1. The lowest BCUT2D eigenvalue weighted by Crippen LogP contribution is -2.44. The summed E-state index contributed by atoms with van der Waals surface area (Å²) in [5.41, 5.74) is 6.18. The van der Waals surface area contributed by atoms with Gasteiger partial charge in [0.25, 0.3) is 5.91 Å². The Morgan fingerprint density at radius 3 is 2.69 bits per heavy atom. The summed E-state index contributed by atoms with van der Waals surface area (Å²) in [4.78, 5) is 14.2. The largest absolute Gasteiger partial charge is 0.309 e. The molecule has 0 saturated heterocycles. The number of benzene rings is 3. The van der Waals surface area contributed by atoms with Gasteiger partial charge < -0.3 is 4.90 Å². The number of hydrogen-bond donors (Lipinski definition) is 1. The average molecular weight is 359 g/mol. The molecule has 0 aliphatic carbocycles. The number of anilines is 1. The highest BCUT2D eigenvalue weighted by Gasteiger charge is 2.54. The molecule has 0 aromatic heterocycles. The van der Waals surface area contributed by atoms with Crippen molar-refractivity contribution < 1.29 is 4.79 Å². The average Bonchev–Trinajstić information content (AvgIpc) is 3.23. The molecule has 1 amide bonds. The molecule has 2 aliphatic heterocycles. The van der Waals surface area contributed by atoms with Crippen molar-refractivity contribution in [3.8, 4) is 0 Å². The Morgan fingerprint density at radius 2 is 1.81 bits per heavy atom. The maximum Gasteiger partial charge on any atom is 0.269 e. The number of hydrazone groups is 1. The fourth-order valence-corrected chi connectivity index (χ4v) is 5.03. The van der Waals surface area contributed by atoms with Crippen molar-refractivity contribution in [3.05, 3.63) is 77.9 Å². The SMILES string of the molecule is CCN1C(=O)C2(NN=C(c3cccc4ccccc34)S2)c2ccccc21. The third-order valence-corrected chi connectivity index (χ3v) is 6.32. The first-order chi connectivity index (χ1) is 12.7. The number of amides is 1. The number of nitrogens with one attached hydrogen (secondary N) is 1. The summed E-state index contributed by atoms with van der Waals surface area (Å²) in [6, 6.07) is 22.4. The molecule has 4 nitrogen and oxygen atoms in total. The van der Waals surface area contributed by atoms with Gasteiger partial charge in [0.15, 0.2) is 0 Å². The number of carbonyl (C=O) groups excluding carboxylic acids is 1. The predicted octanol–water partition coefficient (Wildman–Crippen LogP) is 4.06. The van der Waals surface area contributed by atoms with Gasteiger partial charge in [-0.3, -0.25) is 10.2 Å². The van der Waals surface area contributed by atoms with Crippen LogP contribution in [-0.4, -0.2) is 17.5 Å². The predicted molar refractivity (Wildman–Crippen MR) is 107 cm³/mol. The molecule has 0 fully saturated rings. The lowest BCUT2D eigenvalue weighted by atomic mass is 10.1. The smallest absolute Gasteiger partial charge is 0.269 e. The zero-order valence-electron chi connectivity index (χ0n) is 14.3. The van der Waals surface area contributed by atoms with Crippen LogP contribution in [0.3, 0.4) is 0 Å². The second kappa shape index (κ2) is 5.61. The summed E-state index contributed by atoms with van der Waals surface area (Å²) >= 11 is 1.51. The first-order valence-corrected chi connectivity index (χ1v) is 9.50. The van der Waals surface area contributed by atoms with Crippen LogP contribution in [0.25, 0.3) is 10.8 Å². The number of fused-ring (bicyclic) bond motifs is 3. The molecule has 26 heavy (non-hydrogen) atoms. The highest BCUT2D eigenvalue weighted by molar-refractivity contribution is 8.16. The molecule has 1 unspecified atom stereocenters. The Labute approximate surface area is 155 Å². The number of thioether (sulfide) groups is 1. The van der Waals surface area contributed by atoms with Crippen LogP contribution in [-0.2, 0) is 9.67 Å². The number of rotatable bonds is 2. The van der Waals surface area contributed by atoms with Crippen molar-refractivity contribution >= 4 is 39.2 Å². The number of para-hydroxylation sites is 1. The van der Waals surface area contributed by atoms with Gasteiger partial charge in [0.2, 0.25) is 4.87 Å². The second-order valence-electron chi connectivity index (χ2n) is 6.41. The molecule has 128 valence electrons. The summed E-state index contributed by atoms with van der Waals surface area (Å²) in [7, 11) is 0. The maximum atomic E-state index is 13.2. The minimum absolute atomic E-state index is 0.0465. The second-order valence-corrected chi connectivity index (χ2v) is 7.61. The molecule has 3 aromatic carbocycles. The highest BCUT2D eigenvalue weighted by Crippen LogP contribution is 2.50. The van der Waals surface area contributed by atoms with Crippen LogP contribution in [0, 0.1) is 0 Å². The third-order valence-electron chi connectivity index (χ3n) is 5.02. The van der Waals surface area contributed by atoms with E-state index in [0.29, 0.717) is 6.54 Å². The molecule has 1 spiro atoms. The van der Waals surface area contributed by atoms with Crippen molar-refractivity contribution in [1.29, 1.82) is 0 Å². The normalized spacial score (nSPS) is 21.2. The van der Waals surface area contributed by atoms with Crippen LogP contribution in [0.4, 0.5) is 5.69 Å². The van der Waals surface area contributed by atoms with Crippen molar-refractivity contribution in [2.24, 2.45) is 5.10 Å². The van der Waals surface area contributed by atoms with Gasteiger partial charge in [-0.15, -0.1) is 0 Å². The molecule has 1 atom stereocenters. The quantitative estimate of drug-likeness (QED) is 0.750. The van der Waals surface area contributed by atoms with E-state index in [4.69, 9.17) is 0 Å². The van der Waals surface area contributed by atoms with Crippen LogP contribution in [0.5, 0.6) is 0 Å². The molecular weight excluding hydrogens is 342 g/mol. The van der Waals surface area contributed by atoms with Crippen molar-refractivity contribution in [2.75, 3.05) is 11.4 Å². The number of likely N-dealkylation sites (N-methyl/N-ethyl adjacent to an activating group) is 1. The molecule has 2 aliphatic rings. The van der Waals surface area contributed by atoms with E-state index in [1.807, 2.05) is 54.3 Å². The first kappa shape index (κ1) is 15.5. The van der Waals surface area contributed by atoms with E-state index in [2.05, 4.69) is 34.8 Å². The third kappa shape index (κ3) is 1.98. The first-order valence-electron chi connectivity index (χ1n) is 8.68. The Kier molecular flexibility index (Phi) is 3.34. The molecule has 5 heteroatoms. The lowest BCUT2D eigenvalue weighted by Gasteiger charge is -2.22. The van der Waals surface area contributed by atoms with E-state index in [1.165, 1.54) is 17.1 Å². The van der Waals surface area contributed by atoms with E-state index >= 15 is 0 Å². The van der Waals surface area contributed by atoms with Crippen LogP contribution in [0.15, 0.2) is 71.8 Å².